The average Bonchev–Trinajstić information content (AvgIpc) is 3.15. The van der Waals surface area contributed by atoms with E-state index in [4.69, 9.17) is 14.0 Å². The Balaban J connectivity index is 1.50. The van der Waals surface area contributed by atoms with Gasteiger partial charge < -0.3 is 23.5 Å². The summed E-state index contributed by atoms with van der Waals surface area (Å²) in [5, 5.41) is 4.60. The van der Waals surface area contributed by atoms with Crippen LogP contribution in [0.4, 0.5) is 13.2 Å². The van der Waals surface area contributed by atoms with Crippen molar-refractivity contribution in [2.45, 2.75) is 12.4 Å². The molecule has 0 radical (unpaired) electrons. The van der Waals surface area contributed by atoms with Gasteiger partial charge in [-0.25, -0.2) is 0 Å². The van der Waals surface area contributed by atoms with Crippen molar-refractivity contribution in [3.05, 3.63) is 42.5 Å². The first-order chi connectivity index (χ1) is 14.9. The zero-order valence-electron chi connectivity index (χ0n) is 16.3. The van der Waals surface area contributed by atoms with E-state index in [2.05, 4.69) is 9.89 Å². The van der Waals surface area contributed by atoms with E-state index in [0.717, 1.165) is 11.8 Å². The fourth-order valence-electron chi connectivity index (χ4n) is 3.40. The van der Waals surface area contributed by atoms with Crippen LogP contribution >= 0.6 is 0 Å². The molecule has 0 unspecified atom stereocenters. The fraction of sp³-hybridized carbons (Fsp3) is 0.333. The van der Waals surface area contributed by atoms with Crippen LogP contribution in [0.25, 0.3) is 22.1 Å². The molecule has 0 aliphatic carbocycles. The molecular weight excluding hydrogens is 417 g/mol. The molecule has 1 saturated heterocycles. The second-order valence-corrected chi connectivity index (χ2v) is 6.97. The minimum atomic E-state index is -4.74. The number of alkyl halides is 3. The summed E-state index contributed by atoms with van der Waals surface area (Å²) in [6.45, 7) is 2.22. The molecule has 0 N–H and O–H groups in total. The second kappa shape index (κ2) is 8.94. The van der Waals surface area contributed by atoms with Gasteiger partial charge in [0.15, 0.2) is 5.58 Å². The quantitative estimate of drug-likeness (QED) is 0.523. The maximum absolute atomic E-state index is 12.3. The lowest BCUT2D eigenvalue weighted by atomic mass is 10.0. The lowest BCUT2D eigenvalue weighted by Gasteiger charge is -2.33. The van der Waals surface area contributed by atoms with Crippen molar-refractivity contribution in [1.82, 2.24) is 10.1 Å². The van der Waals surface area contributed by atoms with Crippen LogP contribution in [0.1, 0.15) is 0 Å². The van der Waals surface area contributed by atoms with Crippen LogP contribution in [0, 0.1) is 0 Å². The van der Waals surface area contributed by atoms with Gasteiger partial charge in [0.2, 0.25) is 0 Å². The zero-order valence-corrected chi connectivity index (χ0v) is 16.3. The molecule has 4 rings (SSSR count). The van der Waals surface area contributed by atoms with Crippen LogP contribution in [0.15, 0.2) is 47.0 Å². The molecule has 2 heterocycles. The summed E-state index contributed by atoms with van der Waals surface area (Å²) >= 11 is 0. The fourth-order valence-corrected chi connectivity index (χ4v) is 3.40. The lowest BCUT2D eigenvalue weighted by molar-refractivity contribution is -0.274. The van der Waals surface area contributed by atoms with Crippen molar-refractivity contribution in [2.24, 2.45) is 0 Å². The highest BCUT2D eigenvalue weighted by molar-refractivity contribution is 5.87. The molecule has 2 aromatic carbocycles. The van der Waals surface area contributed by atoms with E-state index in [0.29, 0.717) is 48.7 Å². The molecule has 1 aromatic heterocycles. The topological polar surface area (TPSA) is 74.0 Å². The first kappa shape index (κ1) is 21.1. The zero-order chi connectivity index (χ0) is 21.8. The second-order valence-electron chi connectivity index (χ2n) is 6.97. The van der Waals surface area contributed by atoms with E-state index >= 15 is 0 Å². The summed E-state index contributed by atoms with van der Waals surface area (Å²) in [4.78, 5) is 12.9. The molecule has 0 bridgehead atoms. The largest absolute Gasteiger partial charge is 0.573 e. The van der Waals surface area contributed by atoms with Crippen LogP contribution in [-0.2, 0) is 9.53 Å². The Bertz CT molecular complexity index is 1040. The summed E-state index contributed by atoms with van der Waals surface area (Å²) in [5.41, 5.74) is 1.96. The Morgan fingerprint density at radius 1 is 1.16 bits per heavy atom. The number of hydrogen-bond donors (Lipinski definition) is 0. The number of morpholine rings is 1. The molecule has 1 aliphatic rings. The predicted octanol–water partition coefficient (Wildman–Crippen LogP) is 3.67. The highest BCUT2D eigenvalue weighted by Crippen LogP contribution is 2.32. The number of aldehydes is 1. The van der Waals surface area contributed by atoms with Crippen molar-refractivity contribution in [3.63, 3.8) is 0 Å². The Hall–Kier alpha value is -3.11. The van der Waals surface area contributed by atoms with Crippen LogP contribution in [-0.4, -0.2) is 61.7 Å². The molecule has 0 spiro atoms. The minimum absolute atomic E-state index is 0.0879. The highest BCUT2D eigenvalue weighted by Gasteiger charge is 2.31. The molecule has 10 heteroatoms. The molecule has 1 atom stereocenters. The molecule has 0 saturated carbocycles. The van der Waals surface area contributed by atoms with Crippen molar-refractivity contribution in [3.8, 4) is 22.8 Å². The van der Waals surface area contributed by atoms with Crippen LogP contribution < -0.4 is 9.47 Å². The Kier molecular flexibility index (Phi) is 6.10. The third kappa shape index (κ3) is 5.15. The number of nitrogens with zero attached hydrogens (tertiary/aromatic N) is 2. The smallest absolute Gasteiger partial charge is 0.473 e. The normalized spacial score (nSPS) is 17.6. The monoisotopic (exact) mass is 436 g/mol. The van der Waals surface area contributed by atoms with Gasteiger partial charge in [-0.3, -0.25) is 4.90 Å². The summed E-state index contributed by atoms with van der Waals surface area (Å²) in [5.74, 6) is 0.00593. The Labute approximate surface area is 175 Å². The van der Waals surface area contributed by atoms with Gasteiger partial charge in [-0.2, -0.15) is 0 Å². The van der Waals surface area contributed by atoms with Gasteiger partial charge in [-0.05, 0) is 40.5 Å². The summed E-state index contributed by atoms with van der Waals surface area (Å²) in [6, 6.07) is 10.8. The summed E-state index contributed by atoms with van der Waals surface area (Å²) in [6.07, 6.45) is -3.89. The average molecular weight is 436 g/mol. The van der Waals surface area contributed by atoms with Gasteiger partial charge in [0.05, 0.1) is 31.2 Å². The standard InChI is InChI=1S/C21H19F3N2O5/c22-21(23,24)30-17-4-1-14(2-5-17)15-3-6-19-18(11-15)20(25-31-19)29-13-16-12-28-10-8-26(16)7-9-27/h1-6,9,11,16H,7-8,10,12-13H2/t16-/m1/s1. The van der Waals surface area contributed by atoms with E-state index in [1.807, 2.05) is 4.90 Å². The molecule has 3 aromatic rings. The predicted molar refractivity (Wildman–Crippen MR) is 104 cm³/mol. The van der Waals surface area contributed by atoms with E-state index in [1.54, 1.807) is 18.2 Å². The van der Waals surface area contributed by atoms with E-state index in [9.17, 15) is 18.0 Å². The lowest BCUT2D eigenvalue weighted by Crippen LogP contribution is -2.49. The number of carbonyl (C=O) groups excluding carboxylic acids is 1. The first-order valence-electron chi connectivity index (χ1n) is 9.57. The van der Waals surface area contributed by atoms with Gasteiger partial charge in [-0.15, -0.1) is 13.2 Å². The van der Waals surface area contributed by atoms with Crippen molar-refractivity contribution in [1.29, 1.82) is 0 Å². The van der Waals surface area contributed by atoms with Gasteiger partial charge >= 0.3 is 6.36 Å². The van der Waals surface area contributed by atoms with E-state index in [-0.39, 0.29) is 18.4 Å². The SMILES string of the molecule is O=CCN1CCOC[C@@H]1COc1noc2ccc(-c3ccc(OC(F)(F)F)cc3)cc12. The molecule has 1 fully saturated rings. The van der Waals surface area contributed by atoms with Crippen molar-refractivity contribution < 1.29 is 36.7 Å². The van der Waals surface area contributed by atoms with Crippen molar-refractivity contribution >= 4 is 17.3 Å². The summed E-state index contributed by atoms with van der Waals surface area (Å²) in [7, 11) is 0. The molecule has 31 heavy (non-hydrogen) atoms. The molecular formula is C21H19F3N2O5. The van der Waals surface area contributed by atoms with Crippen LogP contribution in [0.3, 0.4) is 0 Å². The van der Waals surface area contributed by atoms with E-state index in [1.165, 1.54) is 24.3 Å². The number of fused-ring (bicyclic) bond motifs is 1. The highest BCUT2D eigenvalue weighted by atomic mass is 19.4. The maximum atomic E-state index is 12.3. The van der Waals surface area contributed by atoms with Crippen LogP contribution in [0.5, 0.6) is 11.6 Å². The Morgan fingerprint density at radius 3 is 2.68 bits per heavy atom. The Morgan fingerprint density at radius 2 is 1.94 bits per heavy atom. The van der Waals surface area contributed by atoms with Gasteiger partial charge in [0, 0.05) is 6.54 Å². The maximum Gasteiger partial charge on any atom is 0.573 e. The van der Waals surface area contributed by atoms with Crippen molar-refractivity contribution in [2.75, 3.05) is 32.9 Å². The van der Waals surface area contributed by atoms with Gasteiger partial charge in [0.25, 0.3) is 5.88 Å². The number of aromatic nitrogens is 1. The van der Waals surface area contributed by atoms with Gasteiger partial charge in [0.1, 0.15) is 18.6 Å². The minimum Gasteiger partial charge on any atom is -0.473 e. The van der Waals surface area contributed by atoms with E-state index < -0.39 is 6.36 Å². The molecule has 1 aliphatic heterocycles. The third-order valence-electron chi connectivity index (χ3n) is 4.93. The first-order valence-corrected chi connectivity index (χ1v) is 9.57. The molecule has 0 amide bonds. The number of benzene rings is 2. The number of halogens is 3. The number of carbonyl (C=O) groups is 1. The number of hydrogen-bond acceptors (Lipinski definition) is 7. The summed E-state index contributed by atoms with van der Waals surface area (Å²) < 4.78 is 57.6. The number of ether oxygens (including phenoxy) is 3. The molecule has 7 nitrogen and oxygen atoms in total. The third-order valence-corrected chi connectivity index (χ3v) is 4.93. The van der Waals surface area contributed by atoms with Crippen LogP contribution in [0.2, 0.25) is 0 Å². The molecule has 164 valence electrons. The number of rotatable bonds is 7. The van der Waals surface area contributed by atoms with Gasteiger partial charge in [-0.1, -0.05) is 18.2 Å².